The van der Waals surface area contributed by atoms with Gasteiger partial charge in [0.25, 0.3) is 0 Å². The molecule has 2 aromatic rings. The molecule has 0 aliphatic carbocycles. The van der Waals surface area contributed by atoms with Crippen LogP contribution in [0.1, 0.15) is 50.3 Å². The third-order valence-electron chi connectivity index (χ3n) is 4.44. The predicted octanol–water partition coefficient (Wildman–Crippen LogP) is 5.79. The maximum atomic E-state index is 12.4. The zero-order chi connectivity index (χ0) is 20.4. The number of hydrogen-bond donors (Lipinski definition) is 1. The summed E-state index contributed by atoms with van der Waals surface area (Å²) in [6, 6.07) is 11.8. The summed E-state index contributed by atoms with van der Waals surface area (Å²) in [5.74, 6) is 1.29. The van der Waals surface area contributed by atoms with Gasteiger partial charge in [-0.15, -0.1) is 0 Å². The number of rotatable bonds is 10. The predicted molar refractivity (Wildman–Crippen MR) is 116 cm³/mol. The Hall–Kier alpha value is -2.75. The molecule has 0 aliphatic heterocycles. The number of unbranched alkanes of at least 4 members (excludes halogenated alkanes) is 1. The lowest BCUT2D eigenvalue weighted by atomic mass is 10.1. The molecule has 28 heavy (non-hydrogen) atoms. The van der Waals surface area contributed by atoms with E-state index in [1.54, 1.807) is 12.2 Å². The van der Waals surface area contributed by atoms with E-state index in [1.807, 2.05) is 50.2 Å². The first kappa shape index (κ1) is 21.5. The van der Waals surface area contributed by atoms with Crippen molar-refractivity contribution in [1.82, 2.24) is 0 Å². The van der Waals surface area contributed by atoms with Crippen molar-refractivity contribution >= 4 is 17.7 Å². The maximum absolute atomic E-state index is 12.4. The van der Waals surface area contributed by atoms with Gasteiger partial charge in [-0.3, -0.25) is 4.79 Å². The van der Waals surface area contributed by atoms with Crippen molar-refractivity contribution in [2.75, 3.05) is 18.5 Å². The normalized spacial score (nSPS) is 10.9. The average Bonchev–Trinajstić information content (AvgIpc) is 2.69. The van der Waals surface area contributed by atoms with Gasteiger partial charge >= 0.3 is 0 Å². The minimum absolute atomic E-state index is 0.148. The van der Waals surface area contributed by atoms with Crippen molar-refractivity contribution in [2.24, 2.45) is 0 Å². The van der Waals surface area contributed by atoms with Crippen LogP contribution in [0.25, 0.3) is 6.08 Å². The summed E-state index contributed by atoms with van der Waals surface area (Å²) in [5, 5.41) is 3.00. The highest BCUT2D eigenvalue weighted by molar-refractivity contribution is 6.02. The molecule has 0 radical (unpaired) electrons. The first-order chi connectivity index (χ1) is 13.6. The van der Waals surface area contributed by atoms with Crippen LogP contribution in [0, 0.1) is 6.92 Å². The van der Waals surface area contributed by atoms with Crippen LogP contribution >= 0.6 is 0 Å². The summed E-state index contributed by atoms with van der Waals surface area (Å²) in [7, 11) is 0. The largest absolute Gasteiger partial charge is 0.490 e. The van der Waals surface area contributed by atoms with E-state index >= 15 is 0 Å². The SMILES string of the molecule is CCCCOc1ccc(/C=C/C(=O)Nc2c(C)cccc2CC)cc1OCC. The Kier molecular flexibility index (Phi) is 8.60. The number of amides is 1. The van der Waals surface area contributed by atoms with Gasteiger partial charge in [0.1, 0.15) is 0 Å². The Morgan fingerprint density at radius 2 is 1.89 bits per heavy atom. The smallest absolute Gasteiger partial charge is 0.248 e. The number of carbonyl (C=O) groups is 1. The fourth-order valence-corrected chi connectivity index (χ4v) is 2.88. The molecule has 0 atom stereocenters. The molecule has 0 unspecified atom stereocenters. The summed E-state index contributed by atoms with van der Waals surface area (Å²) in [6.45, 7) is 9.39. The second-order valence-electron chi connectivity index (χ2n) is 6.63. The standard InChI is InChI=1S/C24H31NO3/c1-5-8-16-28-21-14-12-19(17-22(21)27-7-3)13-15-23(26)25-24-18(4)10-9-11-20(24)6-2/h9-15,17H,5-8,16H2,1-4H3,(H,25,26)/b15-13+. The van der Waals surface area contributed by atoms with Gasteiger partial charge in [-0.05, 0) is 61.6 Å². The van der Waals surface area contributed by atoms with Gasteiger partial charge in [-0.2, -0.15) is 0 Å². The molecule has 0 heterocycles. The lowest BCUT2D eigenvalue weighted by Crippen LogP contribution is -2.11. The summed E-state index contributed by atoms with van der Waals surface area (Å²) in [4.78, 5) is 12.4. The van der Waals surface area contributed by atoms with Gasteiger partial charge < -0.3 is 14.8 Å². The first-order valence-electron chi connectivity index (χ1n) is 10.1. The Bertz CT molecular complexity index is 811. The molecule has 4 heteroatoms. The maximum Gasteiger partial charge on any atom is 0.248 e. The Morgan fingerprint density at radius 1 is 1.07 bits per heavy atom. The van der Waals surface area contributed by atoms with E-state index in [0.717, 1.165) is 47.4 Å². The minimum atomic E-state index is -0.148. The number of para-hydroxylation sites is 1. The van der Waals surface area contributed by atoms with E-state index in [4.69, 9.17) is 9.47 Å². The Labute approximate surface area is 168 Å². The van der Waals surface area contributed by atoms with Crippen LogP contribution in [0.15, 0.2) is 42.5 Å². The number of nitrogens with one attached hydrogen (secondary N) is 1. The summed E-state index contributed by atoms with van der Waals surface area (Å²) >= 11 is 0. The molecule has 0 aromatic heterocycles. The van der Waals surface area contributed by atoms with E-state index in [-0.39, 0.29) is 5.91 Å². The molecule has 0 aliphatic rings. The highest BCUT2D eigenvalue weighted by Crippen LogP contribution is 2.29. The van der Waals surface area contributed by atoms with Crippen LogP contribution in [0.4, 0.5) is 5.69 Å². The number of ether oxygens (including phenoxy) is 2. The van der Waals surface area contributed by atoms with E-state index in [9.17, 15) is 4.79 Å². The van der Waals surface area contributed by atoms with Crippen molar-refractivity contribution in [2.45, 2.75) is 47.0 Å². The highest BCUT2D eigenvalue weighted by atomic mass is 16.5. The number of anilines is 1. The molecule has 2 rings (SSSR count). The molecule has 0 spiro atoms. The molecule has 0 saturated carbocycles. The molecular formula is C24H31NO3. The van der Waals surface area contributed by atoms with Gasteiger partial charge in [0.15, 0.2) is 11.5 Å². The lowest BCUT2D eigenvalue weighted by Gasteiger charge is -2.12. The molecule has 0 saturated heterocycles. The van der Waals surface area contributed by atoms with Gasteiger partial charge in [-0.25, -0.2) is 0 Å². The molecule has 1 N–H and O–H groups in total. The third-order valence-corrected chi connectivity index (χ3v) is 4.44. The fourth-order valence-electron chi connectivity index (χ4n) is 2.88. The average molecular weight is 382 g/mol. The van der Waals surface area contributed by atoms with Gasteiger partial charge in [0.2, 0.25) is 5.91 Å². The van der Waals surface area contributed by atoms with Gasteiger partial charge in [0, 0.05) is 11.8 Å². The van der Waals surface area contributed by atoms with Crippen molar-refractivity contribution in [3.8, 4) is 11.5 Å². The Morgan fingerprint density at radius 3 is 2.61 bits per heavy atom. The van der Waals surface area contributed by atoms with Crippen LogP contribution in [-0.2, 0) is 11.2 Å². The monoisotopic (exact) mass is 381 g/mol. The molecule has 0 fully saturated rings. The number of aryl methyl sites for hydroxylation is 2. The molecule has 1 amide bonds. The van der Waals surface area contributed by atoms with Crippen LogP contribution in [-0.4, -0.2) is 19.1 Å². The highest BCUT2D eigenvalue weighted by Gasteiger charge is 2.08. The molecule has 150 valence electrons. The molecule has 2 aromatic carbocycles. The van der Waals surface area contributed by atoms with E-state index in [1.165, 1.54) is 0 Å². The van der Waals surface area contributed by atoms with Crippen LogP contribution < -0.4 is 14.8 Å². The van der Waals surface area contributed by atoms with E-state index < -0.39 is 0 Å². The number of benzene rings is 2. The van der Waals surface area contributed by atoms with Crippen molar-refractivity contribution in [1.29, 1.82) is 0 Å². The first-order valence-corrected chi connectivity index (χ1v) is 10.1. The lowest BCUT2D eigenvalue weighted by molar-refractivity contribution is -0.111. The van der Waals surface area contributed by atoms with Crippen LogP contribution in [0.2, 0.25) is 0 Å². The summed E-state index contributed by atoms with van der Waals surface area (Å²) in [6.07, 6.45) is 6.30. The second-order valence-corrected chi connectivity index (χ2v) is 6.63. The third kappa shape index (κ3) is 6.15. The van der Waals surface area contributed by atoms with Crippen molar-refractivity contribution < 1.29 is 14.3 Å². The molecule has 0 bridgehead atoms. The summed E-state index contributed by atoms with van der Waals surface area (Å²) < 4.78 is 11.5. The summed E-state index contributed by atoms with van der Waals surface area (Å²) in [5.41, 5.74) is 3.98. The Balaban J connectivity index is 2.10. The zero-order valence-electron chi connectivity index (χ0n) is 17.4. The number of carbonyl (C=O) groups excluding carboxylic acids is 1. The van der Waals surface area contributed by atoms with Gasteiger partial charge in [0.05, 0.1) is 13.2 Å². The zero-order valence-corrected chi connectivity index (χ0v) is 17.4. The topological polar surface area (TPSA) is 47.6 Å². The van der Waals surface area contributed by atoms with Crippen molar-refractivity contribution in [3.05, 3.63) is 59.2 Å². The van der Waals surface area contributed by atoms with Crippen molar-refractivity contribution in [3.63, 3.8) is 0 Å². The quantitative estimate of drug-likeness (QED) is 0.419. The molecular weight excluding hydrogens is 350 g/mol. The van der Waals surface area contributed by atoms with E-state index in [2.05, 4.69) is 19.2 Å². The second kappa shape index (κ2) is 11.2. The van der Waals surface area contributed by atoms with Crippen LogP contribution in [0.5, 0.6) is 11.5 Å². The minimum Gasteiger partial charge on any atom is -0.490 e. The van der Waals surface area contributed by atoms with Gasteiger partial charge in [-0.1, -0.05) is 44.5 Å². The van der Waals surface area contributed by atoms with E-state index in [0.29, 0.717) is 19.0 Å². The van der Waals surface area contributed by atoms with Crippen LogP contribution in [0.3, 0.4) is 0 Å². The fraction of sp³-hybridized carbons (Fsp3) is 0.375. The number of hydrogen-bond acceptors (Lipinski definition) is 3. The molecule has 4 nitrogen and oxygen atoms in total.